The van der Waals surface area contributed by atoms with Crippen LogP contribution in [0.4, 0.5) is 4.39 Å². The van der Waals surface area contributed by atoms with Gasteiger partial charge in [0, 0.05) is 12.0 Å². The summed E-state index contributed by atoms with van der Waals surface area (Å²) in [5, 5.41) is 2.57. The summed E-state index contributed by atoms with van der Waals surface area (Å²) in [7, 11) is 0. The Balaban J connectivity index is 0.00000361. The number of benzene rings is 3. The van der Waals surface area contributed by atoms with Gasteiger partial charge in [-0.15, -0.1) is 12.4 Å². The van der Waals surface area contributed by atoms with Gasteiger partial charge in [-0.1, -0.05) is 18.2 Å². The predicted octanol–water partition coefficient (Wildman–Crippen LogP) is 3.30. The number of nitrogens with one attached hydrogen (secondary N) is 1. The van der Waals surface area contributed by atoms with E-state index < -0.39 is 35.7 Å². The minimum atomic E-state index is -0.862. The first-order valence-corrected chi connectivity index (χ1v) is 11.0. The number of nitrogens with two attached hydrogens (primary N) is 1. The number of hydrogen-bond acceptors (Lipinski definition) is 5. The van der Waals surface area contributed by atoms with Crippen LogP contribution in [0.15, 0.2) is 78.9 Å². The van der Waals surface area contributed by atoms with Crippen molar-refractivity contribution >= 4 is 30.1 Å². The average molecular weight is 514 g/mol. The van der Waals surface area contributed by atoms with Gasteiger partial charge in [0.1, 0.15) is 35.2 Å². The standard InChI is InChI=1S/C26H24FN3O5.ClH/c27-18-8-12-21(13-9-18)35-22-14-23(25(28)32)30(16-22)24(31)15-29-26(33)17-6-10-20(11-7-17)34-19-4-2-1-3-5-19;/h1-13,22-23H,14-16H2,(H2,28,32)(H,29,33);1H. The molecule has 1 aliphatic heterocycles. The molecule has 0 aromatic heterocycles. The van der Waals surface area contributed by atoms with E-state index in [1.807, 2.05) is 30.3 Å². The van der Waals surface area contributed by atoms with E-state index in [2.05, 4.69) is 5.32 Å². The van der Waals surface area contributed by atoms with Crippen molar-refractivity contribution < 1.29 is 28.2 Å². The van der Waals surface area contributed by atoms with Gasteiger partial charge in [-0.2, -0.15) is 0 Å². The number of carbonyl (C=O) groups is 3. The molecular weight excluding hydrogens is 489 g/mol. The third-order valence-corrected chi connectivity index (χ3v) is 5.52. The summed E-state index contributed by atoms with van der Waals surface area (Å²) in [6.45, 7) is -0.195. The summed E-state index contributed by atoms with van der Waals surface area (Å²) in [6, 6.07) is 20.3. The Morgan fingerprint density at radius 1 is 0.917 bits per heavy atom. The zero-order chi connectivity index (χ0) is 24.8. The molecule has 188 valence electrons. The number of halogens is 2. The van der Waals surface area contributed by atoms with Crippen LogP contribution in [0.3, 0.4) is 0 Å². The van der Waals surface area contributed by atoms with Crippen molar-refractivity contribution in [2.45, 2.75) is 18.6 Å². The largest absolute Gasteiger partial charge is 0.488 e. The molecule has 2 atom stereocenters. The van der Waals surface area contributed by atoms with Crippen molar-refractivity contribution in [3.63, 3.8) is 0 Å². The molecule has 3 N–H and O–H groups in total. The summed E-state index contributed by atoms with van der Waals surface area (Å²) < 4.78 is 24.6. The fourth-order valence-corrected chi connectivity index (χ4v) is 3.79. The lowest BCUT2D eigenvalue weighted by Gasteiger charge is -2.22. The van der Waals surface area contributed by atoms with E-state index in [4.69, 9.17) is 15.2 Å². The van der Waals surface area contributed by atoms with E-state index in [0.717, 1.165) is 0 Å². The van der Waals surface area contributed by atoms with Gasteiger partial charge < -0.3 is 25.4 Å². The number of likely N-dealkylation sites (tertiary alicyclic amines) is 1. The first-order chi connectivity index (χ1) is 16.9. The van der Waals surface area contributed by atoms with Crippen molar-refractivity contribution in [3.8, 4) is 17.2 Å². The summed E-state index contributed by atoms with van der Waals surface area (Å²) in [5.41, 5.74) is 5.83. The molecule has 0 radical (unpaired) electrons. The molecule has 0 aliphatic carbocycles. The van der Waals surface area contributed by atoms with Crippen LogP contribution < -0.4 is 20.5 Å². The van der Waals surface area contributed by atoms with Gasteiger partial charge in [0.25, 0.3) is 5.91 Å². The molecule has 36 heavy (non-hydrogen) atoms. The van der Waals surface area contributed by atoms with E-state index >= 15 is 0 Å². The first kappa shape index (κ1) is 26.5. The topological polar surface area (TPSA) is 111 Å². The van der Waals surface area contributed by atoms with Crippen molar-refractivity contribution in [2.24, 2.45) is 5.73 Å². The molecule has 1 aliphatic rings. The zero-order valence-corrected chi connectivity index (χ0v) is 20.0. The lowest BCUT2D eigenvalue weighted by Crippen LogP contribution is -2.47. The molecule has 4 rings (SSSR count). The van der Waals surface area contributed by atoms with E-state index in [0.29, 0.717) is 22.8 Å². The Hall–Kier alpha value is -4.11. The third kappa shape index (κ3) is 6.73. The van der Waals surface area contributed by atoms with E-state index in [-0.39, 0.29) is 31.9 Å². The molecule has 2 unspecified atom stereocenters. The average Bonchev–Trinajstić information content (AvgIpc) is 3.29. The second-order valence-electron chi connectivity index (χ2n) is 8.02. The second kappa shape index (κ2) is 12.0. The molecule has 1 fully saturated rings. The Kier molecular flexibility index (Phi) is 8.86. The molecule has 3 amide bonds. The highest BCUT2D eigenvalue weighted by molar-refractivity contribution is 5.97. The Morgan fingerprint density at radius 3 is 2.17 bits per heavy atom. The second-order valence-corrected chi connectivity index (χ2v) is 8.02. The highest BCUT2D eigenvalue weighted by atomic mass is 35.5. The van der Waals surface area contributed by atoms with Crippen LogP contribution in [0.5, 0.6) is 17.2 Å². The normalized spacial score (nSPS) is 16.5. The van der Waals surface area contributed by atoms with Gasteiger partial charge in [-0.05, 0) is 60.7 Å². The SMILES string of the molecule is Cl.NC(=O)C1CC(Oc2ccc(F)cc2)CN1C(=O)CNC(=O)c1ccc(Oc2ccccc2)cc1. The maximum absolute atomic E-state index is 13.1. The van der Waals surface area contributed by atoms with Gasteiger partial charge >= 0.3 is 0 Å². The van der Waals surface area contributed by atoms with Gasteiger partial charge in [0.2, 0.25) is 11.8 Å². The third-order valence-electron chi connectivity index (χ3n) is 5.52. The van der Waals surface area contributed by atoms with Crippen molar-refractivity contribution in [3.05, 3.63) is 90.2 Å². The molecule has 0 saturated carbocycles. The van der Waals surface area contributed by atoms with Crippen molar-refractivity contribution in [1.82, 2.24) is 10.2 Å². The summed E-state index contributed by atoms with van der Waals surface area (Å²) >= 11 is 0. The van der Waals surface area contributed by atoms with Gasteiger partial charge in [0.05, 0.1) is 13.1 Å². The lowest BCUT2D eigenvalue weighted by atomic mass is 10.2. The number of ether oxygens (including phenoxy) is 2. The molecular formula is C26H25ClFN3O5. The molecule has 1 heterocycles. The maximum atomic E-state index is 13.1. The number of rotatable bonds is 8. The van der Waals surface area contributed by atoms with Gasteiger partial charge in [-0.25, -0.2) is 4.39 Å². The van der Waals surface area contributed by atoms with Crippen LogP contribution in [-0.4, -0.2) is 47.9 Å². The smallest absolute Gasteiger partial charge is 0.251 e. The van der Waals surface area contributed by atoms with E-state index in [1.165, 1.54) is 29.2 Å². The van der Waals surface area contributed by atoms with Crippen LogP contribution in [-0.2, 0) is 9.59 Å². The molecule has 10 heteroatoms. The highest BCUT2D eigenvalue weighted by Crippen LogP contribution is 2.24. The van der Waals surface area contributed by atoms with Crippen LogP contribution in [0, 0.1) is 5.82 Å². The molecule has 0 spiro atoms. The number of nitrogens with zero attached hydrogens (tertiary/aromatic N) is 1. The monoisotopic (exact) mass is 513 g/mol. The number of hydrogen-bond donors (Lipinski definition) is 2. The summed E-state index contributed by atoms with van der Waals surface area (Å²) in [4.78, 5) is 38.5. The van der Waals surface area contributed by atoms with Crippen molar-refractivity contribution in [2.75, 3.05) is 13.1 Å². The fraction of sp³-hybridized carbons (Fsp3) is 0.192. The fourth-order valence-electron chi connectivity index (χ4n) is 3.79. The lowest BCUT2D eigenvalue weighted by molar-refractivity contribution is -0.136. The predicted molar refractivity (Wildman–Crippen MR) is 133 cm³/mol. The van der Waals surface area contributed by atoms with E-state index in [1.54, 1.807) is 24.3 Å². The van der Waals surface area contributed by atoms with Crippen LogP contribution >= 0.6 is 12.4 Å². The minimum Gasteiger partial charge on any atom is -0.488 e. The van der Waals surface area contributed by atoms with Crippen LogP contribution in [0.2, 0.25) is 0 Å². The Bertz CT molecular complexity index is 1190. The molecule has 1 saturated heterocycles. The number of amides is 3. The molecule has 8 nitrogen and oxygen atoms in total. The Labute approximate surface area is 213 Å². The van der Waals surface area contributed by atoms with E-state index in [9.17, 15) is 18.8 Å². The first-order valence-electron chi connectivity index (χ1n) is 11.0. The molecule has 0 bridgehead atoms. The zero-order valence-electron chi connectivity index (χ0n) is 19.1. The van der Waals surface area contributed by atoms with Crippen LogP contribution in [0.25, 0.3) is 0 Å². The Morgan fingerprint density at radius 2 is 1.53 bits per heavy atom. The highest BCUT2D eigenvalue weighted by Gasteiger charge is 2.39. The van der Waals surface area contributed by atoms with Crippen molar-refractivity contribution in [1.29, 1.82) is 0 Å². The molecule has 3 aromatic carbocycles. The van der Waals surface area contributed by atoms with Gasteiger partial charge in [0.15, 0.2) is 0 Å². The van der Waals surface area contributed by atoms with Gasteiger partial charge in [-0.3, -0.25) is 14.4 Å². The minimum absolute atomic E-state index is 0. The molecule has 3 aromatic rings. The number of primary amides is 1. The number of carbonyl (C=O) groups excluding carboxylic acids is 3. The summed E-state index contributed by atoms with van der Waals surface area (Å²) in [5.74, 6) is -0.311. The quantitative estimate of drug-likeness (QED) is 0.480. The number of para-hydroxylation sites is 1. The summed E-state index contributed by atoms with van der Waals surface area (Å²) in [6.07, 6.45) is -0.287. The maximum Gasteiger partial charge on any atom is 0.251 e. The van der Waals surface area contributed by atoms with Crippen LogP contribution in [0.1, 0.15) is 16.8 Å².